The lowest BCUT2D eigenvalue weighted by molar-refractivity contribution is -0.134. The van der Waals surface area contributed by atoms with Crippen molar-refractivity contribution in [2.45, 2.75) is 96.8 Å². The minimum absolute atomic E-state index is 0.105. The van der Waals surface area contributed by atoms with Crippen LogP contribution in [0.1, 0.15) is 113 Å². The molecule has 0 radical (unpaired) electrons. The van der Waals surface area contributed by atoms with E-state index in [9.17, 15) is 9.59 Å². The van der Waals surface area contributed by atoms with E-state index in [1.54, 1.807) is 37.5 Å². The number of rotatable bonds is 20. The Labute approximate surface area is 230 Å². The van der Waals surface area contributed by atoms with Crippen molar-refractivity contribution in [3.63, 3.8) is 0 Å². The lowest BCUT2D eigenvalue weighted by atomic mass is 10.1. The Morgan fingerprint density at radius 1 is 0.684 bits per heavy atom. The summed E-state index contributed by atoms with van der Waals surface area (Å²) in [5.74, 6) is 0.919. The van der Waals surface area contributed by atoms with Gasteiger partial charge < -0.3 is 9.47 Å². The number of benzene rings is 2. The van der Waals surface area contributed by atoms with Gasteiger partial charge in [0.05, 0.1) is 7.11 Å². The van der Waals surface area contributed by atoms with Crippen molar-refractivity contribution in [3.8, 4) is 11.5 Å². The molecule has 0 atom stereocenters. The molecule has 206 valence electrons. The molecule has 4 nitrogen and oxygen atoms in total. The molecule has 0 aromatic heterocycles. The Kier molecular flexibility index (Phi) is 16.3. The fourth-order valence-electron chi connectivity index (χ4n) is 4.19. The van der Waals surface area contributed by atoms with E-state index in [1.807, 2.05) is 24.3 Å². The minimum atomic E-state index is -0.221. The molecule has 0 saturated heterocycles. The molecule has 2 rings (SSSR count). The van der Waals surface area contributed by atoms with Crippen LogP contribution in [0.2, 0.25) is 0 Å². The topological polar surface area (TPSA) is 52.6 Å². The molecule has 0 aliphatic rings. The maximum absolute atomic E-state index is 12.4. The highest BCUT2D eigenvalue weighted by molar-refractivity contribution is 6.06. The van der Waals surface area contributed by atoms with E-state index < -0.39 is 0 Å². The highest BCUT2D eigenvalue weighted by Crippen LogP contribution is 2.17. The zero-order valence-electron chi connectivity index (χ0n) is 23.5. The fraction of sp³-hybridized carbons (Fsp3) is 0.471. The van der Waals surface area contributed by atoms with Gasteiger partial charge in [0.25, 0.3) is 0 Å². The van der Waals surface area contributed by atoms with E-state index in [1.165, 1.54) is 63.9 Å². The molecule has 0 aliphatic carbocycles. The molecular formula is C34H46O4. The van der Waals surface area contributed by atoms with Crippen LogP contribution in [0.4, 0.5) is 0 Å². The van der Waals surface area contributed by atoms with Gasteiger partial charge in [-0.2, -0.15) is 0 Å². The third-order valence-electron chi connectivity index (χ3n) is 6.56. The molecule has 0 unspecified atom stereocenters. The van der Waals surface area contributed by atoms with E-state index in [-0.39, 0.29) is 11.8 Å². The largest absolute Gasteiger partial charge is 0.497 e. The number of esters is 1. The van der Waals surface area contributed by atoms with Crippen LogP contribution in [0.5, 0.6) is 11.5 Å². The summed E-state index contributed by atoms with van der Waals surface area (Å²) >= 11 is 0. The molecule has 0 N–H and O–H groups in total. The molecule has 0 amide bonds. The molecule has 38 heavy (non-hydrogen) atoms. The number of hydrogen-bond acceptors (Lipinski definition) is 4. The van der Waals surface area contributed by atoms with Gasteiger partial charge in [0, 0.05) is 12.0 Å². The Morgan fingerprint density at radius 3 is 1.84 bits per heavy atom. The van der Waals surface area contributed by atoms with Gasteiger partial charge in [-0.25, -0.2) is 0 Å². The monoisotopic (exact) mass is 518 g/mol. The summed E-state index contributed by atoms with van der Waals surface area (Å²) in [6, 6.07) is 14.2. The van der Waals surface area contributed by atoms with Gasteiger partial charge in [0.2, 0.25) is 0 Å². The molecule has 4 heteroatoms. The Balaban J connectivity index is 1.52. The molecule has 0 spiro atoms. The van der Waals surface area contributed by atoms with Gasteiger partial charge in [0.1, 0.15) is 11.5 Å². The third kappa shape index (κ3) is 14.0. The quantitative estimate of drug-likeness (QED) is 0.0437. The van der Waals surface area contributed by atoms with Crippen molar-refractivity contribution in [1.82, 2.24) is 0 Å². The fourth-order valence-corrected chi connectivity index (χ4v) is 4.19. The first-order chi connectivity index (χ1) is 18.6. The van der Waals surface area contributed by atoms with Crippen molar-refractivity contribution in [1.29, 1.82) is 0 Å². The molecule has 0 heterocycles. The van der Waals surface area contributed by atoms with Crippen molar-refractivity contribution < 1.29 is 19.1 Å². The lowest BCUT2D eigenvalue weighted by Crippen LogP contribution is -2.07. The van der Waals surface area contributed by atoms with Crippen LogP contribution in [0.25, 0.3) is 6.08 Å². The SMILES string of the molecule is CCCCCCCCC=CCCCCCCCC(=O)Oc1ccc(C(=O)C=Cc2ccc(OC)cc2)cc1. The molecule has 0 fully saturated rings. The van der Waals surface area contributed by atoms with Crippen LogP contribution in [0.15, 0.2) is 66.8 Å². The van der Waals surface area contributed by atoms with Crippen LogP contribution in [0.3, 0.4) is 0 Å². The predicted octanol–water partition coefficient (Wildman–Crippen LogP) is 9.53. The number of ether oxygens (including phenoxy) is 2. The zero-order chi connectivity index (χ0) is 27.3. The minimum Gasteiger partial charge on any atom is -0.497 e. The van der Waals surface area contributed by atoms with E-state index >= 15 is 0 Å². The van der Waals surface area contributed by atoms with Crippen LogP contribution in [0, 0.1) is 0 Å². The van der Waals surface area contributed by atoms with Gasteiger partial charge in [0.15, 0.2) is 5.78 Å². The number of allylic oxidation sites excluding steroid dienone is 3. The summed E-state index contributed by atoms with van der Waals surface area (Å²) < 4.78 is 10.6. The summed E-state index contributed by atoms with van der Waals surface area (Å²) in [5.41, 5.74) is 1.46. The van der Waals surface area contributed by atoms with E-state index in [0.717, 1.165) is 37.0 Å². The van der Waals surface area contributed by atoms with Gasteiger partial charge in [-0.1, -0.05) is 88.7 Å². The second kappa shape index (κ2) is 19.9. The second-order valence-corrected chi connectivity index (χ2v) is 9.80. The molecule has 0 aliphatic heterocycles. The predicted molar refractivity (Wildman–Crippen MR) is 158 cm³/mol. The van der Waals surface area contributed by atoms with Crippen molar-refractivity contribution in [3.05, 3.63) is 77.9 Å². The van der Waals surface area contributed by atoms with E-state index in [0.29, 0.717) is 17.7 Å². The molecule has 0 bridgehead atoms. The maximum atomic E-state index is 12.4. The Morgan fingerprint density at radius 2 is 1.24 bits per heavy atom. The van der Waals surface area contributed by atoms with Gasteiger partial charge in [-0.05, 0) is 80.1 Å². The third-order valence-corrected chi connectivity index (χ3v) is 6.56. The normalized spacial score (nSPS) is 11.3. The standard InChI is InChI=1S/C34H46O4/c1-3-4-5-6-7-8-9-10-11-12-13-14-15-16-17-18-34(36)38-32-26-22-30(23-27-32)33(35)28-21-29-19-24-31(37-2)25-20-29/h10-11,19-28H,3-9,12-18H2,1-2H3. The van der Waals surface area contributed by atoms with Crippen molar-refractivity contribution in [2.75, 3.05) is 7.11 Å². The highest BCUT2D eigenvalue weighted by atomic mass is 16.5. The molecular weight excluding hydrogens is 472 g/mol. The smallest absolute Gasteiger partial charge is 0.311 e. The summed E-state index contributed by atoms with van der Waals surface area (Å²) in [5, 5.41) is 0. The van der Waals surface area contributed by atoms with Crippen LogP contribution < -0.4 is 9.47 Å². The maximum Gasteiger partial charge on any atom is 0.311 e. The van der Waals surface area contributed by atoms with Gasteiger partial charge >= 0.3 is 5.97 Å². The van der Waals surface area contributed by atoms with E-state index in [2.05, 4.69) is 19.1 Å². The first-order valence-electron chi connectivity index (χ1n) is 14.4. The summed E-state index contributed by atoms with van der Waals surface area (Å²) in [6.45, 7) is 2.26. The zero-order valence-corrected chi connectivity index (χ0v) is 23.5. The molecule has 2 aromatic rings. The highest BCUT2D eigenvalue weighted by Gasteiger charge is 2.07. The number of ketones is 1. The number of unbranched alkanes of at least 4 members (excludes halogenated alkanes) is 11. The first-order valence-corrected chi connectivity index (χ1v) is 14.4. The summed E-state index contributed by atoms with van der Waals surface area (Å²) in [7, 11) is 1.62. The lowest BCUT2D eigenvalue weighted by Gasteiger charge is -2.05. The number of carbonyl (C=O) groups is 2. The van der Waals surface area contributed by atoms with Gasteiger partial charge in [-0.3, -0.25) is 9.59 Å². The Bertz CT molecular complexity index is 971. The average molecular weight is 519 g/mol. The first kappa shape index (κ1) is 31.1. The summed E-state index contributed by atoms with van der Waals surface area (Å²) in [4.78, 5) is 24.6. The van der Waals surface area contributed by atoms with Crippen molar-refractivity contribution in [2.24, 2.45) is 0 Å². The molecule has 0 saturated carbocycles. The number of carbonyl (C=O) groups excluding carboxylic acids is 2. The Hall–Kier alpha value is -3.14. The van der Waals surface area contributed by atoms with E-state index in [4.69, 9.17) is 9.47 Å². The second-order valence-electron chi connectivity index (χ2n) is 9.80. The molecule has 2 aromatic carbocycles. The van der Waals surface area contributed by atoms with Gasteiger partial charge in [-0.15, -0.1) is 0 Å². The van der Waals surface area contributed by atoms with Crippen LogP contribution >= 0.6 is 0 Å². The average Bonchev–Trinajstić information content (AvgIpc) is 2.94. The number of hydrogen-bond donors (Lipinski definition) is 0. The van der Waals surface area contributed by atoms with Crippen molar-refractivity contribution >= 4 is 17.8 Å². The summed E-state index contributed by atoms with van der Waals surface area (Å²) in [6.07, 6.45) is 24.4. The number of methoxy groups -OCH3 is 1. The van der Waals surface area contributed by atoms with Crippen LogP contribution in [-0.2, 0) is 4.79 Å². The van der Waals surface area contributed by atoms with Crippen LogP contribution in [-0.4, -0.2) is 18.9 Å².